The standard InChI is InChI=1S/C32H27ClFN5O/c33-23-7-10-27-26(19-23)25-13-16-36-20-29(25)38(27)17-2-18-40-30-4-1-3-28-31(21-11-14-35-15-12-21)32(37-39(28)30)22-5-8-24(34)9-6-22/h1,3-12,14-15,19,36H,2,13,16-18,20H2. The fourth-order valence-corrected chi connectivity index (χ4v) is 5.94. The van der Waals surface area contributed by atoms with E-state index in [2.05, 4.69) is 27.0 Å². The van der Waals surface area contributed by atoms with Crippen LogP contribution in [-0.4, -0.2) is 32.3 Å². The van der Waals surface area contributed by atoms with Crippen LogP contribution < -0.4 is 10.1 Å². The number of nitrogens with zero attached hydrogens (tertiary/aromatic N) is 4. The first-order chi connectivity index (χ1) is 19.7. The van der Waals surface area contributed by atoms with Gasteiger partial charge in [0.05, 0.1) is 12.1 Å². The Morgan fingerprint density at radius 1 is 0.950 bits per heavy atom. The van der Waals surface area contributed by atoms with E-state index >= 15 is 0 Å². The van der Waals surface area contributed by atoms with E-state index in [4.69, 9.17) is 21.4 Å². The topological polar surface area (TPSA) is 56.4 Å². The van der Waals surface area contributed by atoms with Gasteiger partial charge in [-0.25, -0.2) is 4.39 Å². The number of hydrogen-bond donors (Lipinski definition) is 1. The molecule has 4 aromatic heterocycles. The van der Waals surface area contributed by atoms with Crippen LogP contribution in [0.15, 0.2) is 85.2 Å². The van der Waals surface area contributed by atoms with Crippen LogP contribution in [0.1, 0.15) is 17.7 Å². The van der Waals surface area contributed by atoms with Crippen LogP contribution in [0.25, 0.3) is 38.8 Å². The van der Waals surface area contributed by atoms with Gasteiger partial charge < -0.3 is 14.6 Å². The monoisotopic (exact) mass is 551 g/mol. The van der Waals surface area contributed by atoms with Crippen LogP contribution in [0, 0.1) is 5.82 Å². The number of aromatic nitrogens is 4. The van der Waals surface area contributed by atoms with Crippen molar-refractivity contribution < 1.29 is 9.13 Å². The Bertz CT molecular complexity index is 1830. The predicted octanol–water partition coefficient (Wildman–Crippen LogP) is 6.93. The normalized spacial score (nSPS) is 13.2. The van der Waals surface area contributed by atoms with Gasteiger partial charge in [-0.3, -0.25) is 4.98 Å². The van der Waals surface area contributed by atoms with Crippen molar-refractivity contribution in [3.8, 4) is 28.3 Å². The molecule has 0 unspecified atom stereocenters. The summed E-state index contributed by atoms with van der Waals surface area (Å²) >= 11 is 6.34. The second-order valence-electron chi connectivity index (χ2n) is 9.99. The Balaban J connectivity index is 1.18. The summed E-state index contributed by atoms with van der Waals surface area (Å²) in [7, 11) is 0. The van der Waals surface area contributed by atoms with Gasteiger partial charge in [0.25, 0.3) is 0 Å². The van der Waals surface area contributed by atoms with Gasteiger partial charge in [-0.1, -0.05) is 17.7 Å². The Labute approximate surface area is 236 Å². The number of benzene rings is 2. The highest BCUT2D eigenvalue weighted by Gasteiger charge is 2.21. The molecule has 1 aliphatic heterocycles. The van der Waals surface area contributed by atoms with E-state index in [9.17, 15) is 4.39 Å². The number of rotatable bonds is 7. The molecule has 1 N–H and O–H groups in total. The van der Waals surface area contributed by atoms with Crippen molar-refractivity contribution in [1.82, 2.24) is 24.5 Å². The molecule has 0 saturated carbocycles. The summed E-state index contributed by atoms with van der Waals surface area (Å²) < 4.78 is 24.3. The van der Waals surface area contributed by atoms with Gasteiger partial charge in [0.2, 0.25) is 5.88 Å². The van der Waals surface area contributed by atoms with Crippen LogP contribution in [0.2, 0.25) is 5.02 Å². The first kappa shape index (κ1) is 24.8. The number of nitrogens with one attached hydrogen (secondary N) is 1. The van der Waals surface area contributed by atoms with Crippen LogP contribution in [0.3, 0.4) is 0 Å². The summed E-state index contributed by atoms with van der Waals surface area (Å²) in [6.07, 6.45) is 5.37. The fourth-order valence-electron chi connectivity index (χ4n) is 5.77. The molecule has 7 rings (SSSR count). The highest BCUT2D eigenvalue weighted by molar-refractivity contribution is 6.31. The molecule has 6 aromatic rings. The maximum absolute atomic E-state index is 13.7. The average molecular weight is 552 g/mol. The zero-order chi connectivity index (χ0) is 27.1. The summed E-state index contributed by atoms with van der Waals surface area (Å²) in [5, 5.41) is 10.5. The Kier molecular flexibility index (Phi) is 6.46. The molecule has 2 aromatic carbocycles. The van der Waals surface area contributed by atoms with E-state index in [0.717, 1.165) is 65.4 Å². The quantitative estimate of drug-likeness (QED) is 0.219. The second kappa shape index (κ2) is 10.4. The molecular weight excluding hydrogens is 525 g/mol. The van der Waals surface area contributed by atoms with Crippen LogP contribution in [0.4, 0.5) is 4.39 Å². The van der Waals surface area contributed by atoms with E-state index in [0.29, 0.717) is 12.5 Å². The lowest BCUT2D eigenvalue weighted by Gasteiger charge is -2.17. The van der Waals surface area contributed by atoms with Crippen molar-refractivity contribution in [2.24, 2.45) is 0 Å². The van der Waals surface area contributed by atoms with Crippen LogP contribution >= 0.6 is 11.6 Å². The predicted molar refractivity (Wildman–Crippen MR) is 156 cm³/mol. The van der Waals surface area contributed by atoms with Crippen molar-refractivity contribution in [3.05, 3.63) is 107 Å². The van der Waals surface area contributed by atoms with Gasteiger partial charge in [0, 0.05) is 64.3 Å². The molecule has 8 heteroatoms. The largest absolute Gasteiger partial charge is 0.478 e. The smallest absolute Gasteiger partial charge is 0.214 e. The molecule has 0 amide bonds. The van der Waals surface area contributed by atoms with Gasteiger partial charge in [-0.15, -0.1) is 0 Å². The molecule has 6 nitrogen and oxygen atoms in total. The van der Waals surface area contributed by atoms with Gasteiger partial charge in [-0.2, -0.15) is 9.61 Å². The third-order valence-electron chi connectivity index (χ3n) is 7.58. The Morgan fingerprint density at radius 3 is 2.65 bits per heavy atom. The molecule has 0 spiro atoms. The number of fused-ring (bicyclic) bond motifs is 4. The van der Waals surface area contributed by atoms with E-state index in [1.165, 1.54) is 34.3 Å². The Morgan fingerprint density at radius 2 is 1.80 bits per heavy atom. The second-order valence-corrected chi connectivity index (χ2v) is 10.4. The average Bonchev–Trinajstić information content (AvgIpc) is 3.53. The summed E-state index contributed by atoms with van der Waals surface area (Å²) in [6, 6.07) is 22.5. The Hall–Kier alpha value is -4.20. The lowest BCUT2D eigenvalue weighted by molar-refractivity contribution is 0.284. The minimum Gasteiger partial charge on any atom is -0.478 e. The van der Waals surface area contributed by atoms with E-state index in [1.54, 1.807) is 24.5 Å². The fraction of sp³-hybridized carbons (Fsp3) is 0.188. The summed E-state index contributed by atoms with van der Waals surface area (Å²) in [6.45, 7) is 3.22. The molecule has 0 aliphatic carbocycles. The van der Waals surface area contributed by atoms with E-state index < -0.39 is 0 Å². The maximum atomic E-state index is 13.7. The van der Waals surface area contributed by atoms with Crippen LogP contribution in [0.5, 0.6) is 5.88 Å². The summed E-state index contributed by atoms with van der Waals surface area (Å²) in [5.41, 5.74) is 8.41. The van der Waals surface area contributed by atoms with Gasteiger partial charge in [-0.05, 0) is 91.2 Å². The van der Waals surface area contributed by atoms with Crippen molar-refractivity contribution in [3.63, 3.8) is 0 Å². The molecular formula is C32H27ClFN5O. The molecule has 0 bridgehead atoms. The minimum absolute atomic E-state index is 0.280. The number of pyridine rings is 2. The van der Waals surface area contributed by atoms with Crippen LogP contribution in [-0.2, 0) is 19.5 Å². The van der Waals surface area contributed by atoms with Gasteiger partial charge in [0.1, 0.15) is 11.5 Å². The van der Waals surface area contributed by atoms with Crippen molar-refractivity contribution >= 4 is 28.0 Å². The molecule has 200 valence electrons. The minimum atomic E-state index is -0.280. The zero-order valence-corrected chi connectivity index (χ0v) is 22.5. The molecule has 0 atom stereocenters. The van der Waals surface area contributed by atoms with Gasteiger partial charge >= 0.3 is 0 Å². The lowest BCUT2D eigenvalue weighted by Crippen LogP contribution is -2.25. The molecule has 0 fully saturated rings. The highest BCUT2D eigenvalue weighted by atomic mass is 35.5. The van der Waals surface area contributed by atoms with Crippen molar-refractivity contribution in [2.45, 2.75) is 25.9 Å². The van der Waals surface area contributed by atoms with Crippen molar-refractivity contribution in [2.75, 3.05) is 13.2 Å². The third-order valence-corrected chi connectivity index (χ3v) is 7.81. The SMILES string of the molecule is Fc1ccc(-c2nn3c(OCCCn4c5c(c6cc(Cl)ccc64)CCNC5)cccc3c2-c2ccncc2)cc1. The third kappa shape index (κ3) is 4.41. The zero-order valence-electron chi connectivity index (χ0n) is 21.8. The molecule has 1 aliphatic rings. The van der Waals surface area contributed by atoms with E-state index in [1.807, 2.05) is 40.9 Å². The molecule has 40 heavy (non-hydrogen) atoms. The molecule has 5 heterocycles. The summed E-state index contributed by atoms with van der Waals surface area (Å²) in [5.74, 6) is 0.381. The lowest BCUT2D eigenvalue weighted by atomic mass is 10.0. The maximum Gasteiger partial charge on any atom is 0.214 e. The van der Waals surface area contributed by atoms with E-state index in [-0.39, 0.29) is 5.82 Å². The number of aryl methyl sites for hydroxylation is 1. The number of hydrogen-bond acceptors (Lipinski definition) is 4. The molecule has 0 radical (unpaired) electrons. The number of ether oxygens (including phenoxy) is 1. The molecule has 0 saturated heterocycles. The van der Waals surface area contributed by atoms with Gasteiger partial charge in [0.15, 0.2) is 0 Å². The summed E-state index contributed by atoms with van der Waals surface area (Å²) in [4.78, 5) is 4.17. The first-order valence-electron chi connectivity index (χ1n) is 13.5. The number of halogens is 2. The first-order valence-corrected chi connectivity index (χ1v) is 13.9. The highest BCUT2D eigenvalue weighted by Crippen LogP contribution is 2.37. The van der Waals surface area contributed by atoms with Crippen molar-refractivity contribution in [1.29, 1.82) is 0 Å².